The van der Waals surface area contributed by atoms with Crippen molar-refractivity contribution in [2.24, 2.45) is 0 Å². The van der Waals surface area contributed by atoms with Gasteiger partial charge in [-0.1, -0.05) is 29.8 Å². The molecule has 2 aromatic rings. The first kappa shape index (κ1) is 11.0. The lowest BCUT2D eigenvalue weighted by Crippen LogP contribution is -2.00. The number of aliphatic hydroxyl groups excluding tert-OH is 1. The summed E-state index contributed by atoms with van der Waals surface area (Å²) in [5.74, 6) is -0.329. The van der Waals surface area contributed by atoms with E-state index in [0.29, 0.717) is 16.3 Å². The van der Waals surface area contributed by atoms with E-state index in [9.17, 15) is 9.50 Å². The van der Waals surface area contributed by atoms with Crippen LogP contribution in [0.3, 0.4) is 0 Å². The lowest BCUT2D eigenvalue weighted by Gasteiger charge is -2.10. The highest BCUT2D eigenvalue weighted by molar-refractivity contribution is 6.29. The summed E-state index contributed by atoms with van der Waals surface area (Å²) in [5, 5.41) is 10.3. The maximum atomic E-state index is 12.7. The molecule has 0 bridgehead atoms. The second kappa shape index (κ2) is 4.60. The van der Waals surface area contributed by atoms with E-state index in [1.165, 1.54) is 30.5 Å². The number of benzene rings is 1. The third kappa shape index (κ3) is 2.38. The zero-order chi connectivity index (χ0) is 11.5. The molecule has 2 rings (SSSR count). The quantitative estimate of drug-likeness (QED) is 0.815. The first-order valence-electron chi connectivity index (χ1n) is 4.72. The minimum absolute atomic E-state index is 0.329. The van der Waals surface area contributed by atoms with Crippen LogP contribution in [0.4, 0.5) is 4.39 Å². The number of rotatable bonds is 2. The van der Waals surface area contributed by atoms with Gasteiger partial charge in [0, 0.05) is 11.8 Å². The molecule has 0 aliphatic carbocycles. The Balaban J connectivity index is 2.28. The predicted molar refractivity (Wildman–Crippen MR) is 59.7 cm³/mol. The van der Waals surface area contributed by atoms with Gasteiger partial charge in [0.15, 0.2) is 0 Å². The number of aliphatic hydroxyl groups is 1. The summed E-state index contributed by atoms with van der Waals surface area (Å²) < 4.78 is 12.7. The molecule has 1 aromatic carbocycles. The van der Waals surface area contributed by atoms with Crippen molar-refractivity contribution in [2.45, 2.75) is 6.10 Å². The van der Waals surface area contributed by atoms with Crippen molar-refractivity contribution in [1.29, 1.82) is 0 Å². The monoisotopic (exact) mass is 237 g/mol. The van der Waals surface area contributed by atoms with Crippen molar-refractivity contribution in [3.05, 3.63) is 64.7 Å². The van der Waals surface area contributed by atoms with Gasteiger partial charge in [-0.2, -0.15) is 0 Å². The summed E-state index contributed by atoms with van der Waals surface area (Å²) in [6.45, 7) is 0. The van der Waals surface area contributed by atoms with Crippen LogP contribution < -0.4 is 0 Å². The Labute approximate surface area is 97.3 Å². The highest BCUT2D eigenvalue weighted by Gasteiger charge is 2.10. The highest BCUT2D eigenvalue weighted by Crippen LogP contribution is 2.22. The number of halogens is 2. The maximum absolute atomic E-state index is 12.7. The Hall–Kier alpha value is -1.45. The van der Waals surface area contributed by atoms with Crippen LogP contribution in [0.5, 0.6) is 0 Å². The van der Waals surface area contributed by atoms with Gasteiger partial charge in [-0.3, -0.25) is 0 Å². The molecule has 0 radical (unpaired) electrons. The minimum atomic E-state index is -0.814. The summed E-state index contributed by atoms with van der Waals surface area (Å²) in [7, 11) is 0. The van der Waals surface area contributed by atoms with Crippen LogP contribution in [-0.4, -0.2) is 10.1 Å². The van der Waals surface area contributed by atoms with E-state index in [0.717, 1.165) is 0 Å². The van der Waals surface area contributed by atoms with Crippen LogP contribution in [0.25, 0.3) is 0 Å². The smallest absolute Gasteiger partial charge is 0.129 e. The fourth-order valence-electron chi connectivity index (χ4n) is 1.39. The molecule has 1 aromatic heterocycles. The normalized spacial score (nSPS) is 12.4. The fourth-order valence-corrected chi connectivity index (χ4v) is 1.50. The summed E-state index contributed by atoms with van der Waals surface area (Å²) in [6, 6.07) is 8.97. The van der Waals surface area contributed by atoms with Crippen LogP contribution in [0, 0.1) is 5.82 Å². The third-order valence-corrected chi connectivity index (χ3v) is 2.48. The van der Waals surface area contributed by atoms with E-state index in [1.807, 2.05) is 0 Å². The number of hydrogen-bond donors (Lipinski definition) is 1. The number of hydrogen-bond acceptors (Lipinski definition) is 2. The minimum Gasteiger partial charge on any atom is -0.384 e. The Morgan fingerprint density at radius 1 is 1.06 bits per heavy atom. The molecule has 0 amide bonds. The molecule has 1 heterocycles. The van der Waals surface area contributed by atoms with E-state index in [-0.39, 0.29) is 5.82 Å². The van der Waals surface area contributed by atoms with Crippen molar-refractivity contribution in [3.63, 3.8) is 0 Å². The second-order valence-corrected chi connectivity index (χ2v) is 3.76. The van der Waals surface area contributed by atoms with Crippen molar-refractivity contribution in [3.8, 4) is 0 Å². The van der Waals surface area contributed by atoms with Gasteiger partial charge in [0.2, 0.25) is 0 Å². The molecule has 0 spiro atoms. The topological polar surface area (TPSA) is 33.1 Å². The number of nitrogens with zero attached hydrogens (tertiary/aromatic N) is 1. The standard InChI is InChI=1S/C12H9ClFNO/c13-11-6-3-9(7-15-11)12(16)8-1-4-10(14)5-2-8/h1-7,12,16H. The van der Waals surface area contributed by atoms with E-state index in [4.69, 9.17) is 11.6 Å². The van der Waals surface area contributed by atoms with Crippen molar-refractivity contribution < 1.29 is 9.50 Å². The fraction of sp³-hybridized carbons (Fsp3) is 0.0833. The summed E-state index contributed by atoms with van der Waals surface area (Å²) in [5.41, 5.74) is 1.24. The number of pyridine rings is 1. The predicted octanol–water partition coefficient (Wildman–Crippen LogP) is 2.96. The van der Waals surface area contributed by atoms with Gasteiger partial charge in [0.25, 0.3) is 0 Å². The van der Waals surface area contributed by atoms with Gasteiger partial charge in [0.05, 0.1) is 0 Å². The average molecular weight is 238 g/mol. The molecule has 4 heteroatoms. The molecule has 1 unspecified atom stereocenters. The maximum Gasteiger partial charge on any atom is 0.129 e. The molecule has 0 fully saturated rings. The highest BCUT2D eigenvalue weighted by atomic mass is 35.5. The molecule has 0 aliphatic rings. The van der Waals surface area contributed by atoms with Gasteiger partial charge in [-0.25, -0.2) is 9.37 Å². The van der Waals surface area contributed by atoms with Crippen molar-refractivity contribution >= 4 is 11.6 Å². The van der Waals surface area contributed by atoms with Gasteiger partial charge in [-0.05, 0) is 23.8 Å². The van der Waals surface area contributed by atoms with Crippen LogP contribution in [0.1, 0.15) is 17.2 Å². The van der Waals surface area contributed by atoms with Crippen molar-refractivity contribution in [1.82, 2.24) is 4.98 Å². The Morgan fingerprint density at radius 2 is 1.69 bits per heavy atom. The first-order chi connectivity index (χ1) is 7.66. The summed E-state index contributed by atoms with van der Waals surface area (Å²) >= 11 is 5.64. The molecule has 0 saturated carbocycles. The number of aromatic nitrogens is 1. The Bertz CT molecular complexity index is 424. The molecule has 0 saturated heterocycles. The molecular formula is C12H9ClFNO. The van der Waals surface area contributed by atoms with E-state index >= 15 is 0 Å². The van der Waals surface area contributed by atoms with Crippen LogP contribution in [0.15, 0.2) is 42.6 Å². The Kier molecular flexibility index (Phi) is 3.17. The molecule has 1 atom stereocenters. The van der Waals surface area contributed by atoms with E-state index < -0.39 is 6.10 Å². The van der Waals surface area contributed by atoms with Crippen LogP contribution in [-0.2, 0) is 0 Å². The van der Waals surface area contributed by atoms with Gasteiger partial charge in [-0.15, -0.1) is 0 Å². The molecule has 1 N–H and O–H groups in total. The van der Waals surface area contributed by atoms with E-state index in [2.05, 4.69) is 4.98 Å². The second-order valence-electron chi connectivity index (χ2n) is 3.37. The zero-order valence-corrected chi connectivity index (χ0v) is 9.03. The zero-order valence-electron chi connectivity index (χ0n) is 8.27. The molecule has 16 heavy (non-hydrogen) atoms. The molecule has 0 aliphatic heterocycles. The molecule has 2 nitrogen and oxygen atoms in total. The third-order valence-electron chi connectivity index (χ3n) is 2.25. The lowest BCUT2D eigenvalue weighted by atomic mass is 10.0. The average Bonchev–Trinajstić information content (AvgIpc) is 2.30. The summed E-state index contributed by atoms with van der Waals surface area (Å²) in [4.78, 5) is 3.87. The SMILES string of the molecule is OC(c1ccc(F)cc1)c1ccc(Cl)nc1. The molecular weight excluding hydrogens is 229 g/mol. The van der Waals surface area contributed by atoms with Crippen LogP contribution in [0.2, 0.25) is 5.15 Å². The molecule has 82 valence electrons. The van der Waals surface area contributed by atoms with Gasteiger partial charge < -0.3 is 5.11 Å². The Morgan fingerprint density at radius 3 is 2.25 bits per heavy atom. The largest absolute Gasteiger partial charge is 0.384 e. The lowest BCUT2D eigenvalue weighted by molar-refractivity contribution is 0.220. The first-order valence-corrected chi connectivity index (χ1v) is 5.09. The van der Waals surface area contributed by atoms with Crippen molar-refractivity contribution in [2.75, 3.05) is 0 Å². The van der Waals surface area contributed by atoms with Gasteiger partial charge >= 0.3 is 0 Å². The van der Waals surface area contributed by atoms with Crippen LogP contribution >= 0.6 is 11.6 Å². The van der Waals surface area contributed by atoms with Gasteiger partial charge in [0.1, 0.15) is 17.1 Å². The summed E-state index contributed by atoms with van der Waals surface area (Å²) in [6.07, 6.45) is 0.682. The van der Waals surface area contributed by atoms with E-state index in [1.54, 1.807) is 12.1 Å².